The van der Waals surface area contributed by atoms with Crippen molar-refractivity contribution in [3.63, 3.8) is 0 Å². The lowest BCUT2D eigenvalue weighted by Crippen LogP contribution is -2.54. The first-order chi connectivity index (χ1) is 19.6. The molecular formula is C29H30Cl2F3N3O4S. The molecule has 0 fully saturated rings. The SMILES string of the molecule is CC(C)NC(=O)[C@H](Cc1ccccc1)N(Cc1ccc(Cl)cc1)C(=O)CN(c1cc(C(F)(F)F)ccc1Cl)S(C)(=O)=O. The maximum Gasteiger partial charge on any atom is 0.416 e. The monoisotopic (exact) mass is 643 g/mol. The predicted molar refractivity (Wildman–Crippen MR) is 158 cm³/mol. The lowest BCUT2D eigenvalue weighted by molar-refractivity contribution is -0.140. The van der Waals surface area contributed by atoms with Gasteiger partial charge in [-0.2, -0.15) is 13.2 Å². The van der Waals surface area contributed by atoms with E-state index in [0.29, 0.717) is 27.0 Å². The molecule has 1 atom stereocenters. The summed E-state index contributed by atoms with van der Waals surface area (Å²) in [6.45, 7) is 2.48. The standard InChI is InChI=1S/C29H30Cl2F3N3O4S/c1-19(2)35-28(39)26(15-20-7-5-4-6-8-20)36(17-21-9-12-23(30)13-10-21)27(38)18-37(42(3,40)41)25-16-22(29(32,33)34)11-14-24(25)31/h4-14,16,19,26H,15,17-18H2,1-3H3,(H,35,39)/t26-/m0/s1. The maximum atomic E-state index is 14.0. The van der Waals surface area contributed by atoms with E-state index in [2.05, 4.69) is 5.32 Å². The highest BCUT2D eigenvalue weighted by atomic mass is 35.5. The van der Waals surface area contributed by atoms with Gasteiger partial charge in [0.2, 0.25) is 21.8 Å². The van der Waals surface area contributed by atoms with Gasteiger partial charge in [-0.3, -0.25) is 13.9 Å². The molecule has 0 spiro atoms. The molecule has 0 unspecified atom stereocenters. The molecule has 7 nitrogen and oxygen atoms in total. The van der Waals surface area contributed by atoms with E-state index in [0.717, 1.165) is 17.9 Å². The predicted octanol–water partition coefficient (Wildman–Crippen LogP) is 5.94. The lowest BCUT2D eigenvalue weighted by Gasteiger charge is -2.34. The van der Waals surface area contributed by atoms with Crippen LogP contribution in [0.15, 0.2) is 72.8 Å². The highest BCUT2D eigenvalue weighted by molar-refractivity contribution is 7.92. The number of alkyl halides is 3. The maximum absolute atomic E-state index is 14.0. The van der Waals surface area contributed by atoms with Crippen LogP contribution >= 0.6 is 23.2 Å². The number of rotatable bonds is 11. The Balaban J connectivity index is 2.11. The van der Waals surface area contributed by atoms with Crippen LogP contribution in [0.1, 0.15) is 30.5 Å². The van der Waals surface area contributed by atoms with Crippen LogP contribution in [-0.4, -0.2) is 50.0 Å². The van der Waals surface area contributed by atoms with Crippen molar-refractivity contribution in [2.75, 3.05) is 17.1 Å². The molecule has 2 amide bonds. The lowest BCUT2D eigenvalue weighted by atomic mass is 10.0. The molecule has 0 heterocycles. The van der Waals surface area contributed by atoms with Crippen LogP contribution in [-0.2, 0) is 38.8 Å². The summed E-state index contributed by atoms with van der Waals surface area (Å²) in [5, 5.41) is 2.95. The summed E-state index contributed by atoms with van der Waals surface area (Å²) >= 11 is 12.2. The number of nitrogens with one attached hydrogen (secondary N) is 1. The number of carbonyl (C=O) groups excluding carboxylic acids is 2. The zero-order chi connectivity index (χ0) is 31.2. The summed E-state index contributed by atoms with van der Waals surface area (Å²) in [7, 11) is -4.32. The van der Waals surface area contributed by atoms with E-state index < -0.39 is 51.9 Å². The number of halogens is 5. The number of carbonyl (C=O) groups is 2. The van der Waals surface area contributed by atoms with Gasteiger partial charge in [0.25, 0.3) is 0 Å². The van der Waals surface area contributed by atoms with E-state index in [9.17, 15) is 31.2 Å². The third kappa shape index (κ3) is 9.11. The van der Waals surface area contributed by atoms with E-state index in [1.54, 1.807) is 68.4 Å². The molecule has 0 radical (unpaired) electrons. The normalized spacial score (nSPS) is 12.6. The third-order valence-electron chi connectivity index (χ3n) is 6.19. The van der Waals surface area contributed by atoms with Crippen LogP contribution in [0.25, 0.3) is 0 Å². The van der Waals surface area contributed by atoms with Crippen molar-refractivity contribution in [1.82, 2.24) is 10.2 Å². The van der Waals surface area contributed by atoms with Crippen molar-refractivity contribution in [3.8, 4) is 0 Å². The van der Waals surface area contributed by atoms with Crippen molar-refractivity contribution >= 4 is 50.7 Å². The molecule has 3 rings (SSSR count). The van der Waals surface area contributed by atoms with E-state index >= 15 is 0 Å². The van der Waals surface area contributed by atoms with Crippen LogP contribution in [0.5, 0.6) is 0 Å². The Labute approximate surface area is 253 Å². The molecule has 42 heavy (non-hydrogen) atoms. The summed E-state index contributed by atoms with van der Waals surface area (Å²) in [5.74, 6) is -1.32. The Bertz CT molecular complexity index is 1500. The van der Waals surface area contributed by atoms with Gasteiger partial charge in [0.15, 0.2) is 0 Å². The molecule has 13 heteroatoms. The van der Waals surface area contributed by atoms with Crippen molar-refractivity contribution in [2.24, 2.45) is 0 Å². The second kappa shape index (κ2) is 13.8. The summed E-state index contributed by atoms with van der Waals surface area (Å²) in [5.41, 5.74) is -0.332. The largest absolute Gasteiger partial charge is 0.416 e. The van der Waals surface area contributed by atoms with Gasteiger partial charge in [-0.1, -0.05) is 65.7 Å². The van der Waals surface area contributed by atoms with Gasteiger partial charge in [-0.25, -0.2) is 8.42 Å². The zero-order valence-electron chi connectivity index (χ0n) is 23.0. The van der Waals surface area contributed by atoms with Crippen LogP contribution < -0.4 is 9.62 Å². The highest BCUT2D eigenvalue weighted by Crippen LogP contribution is 2.36. The van der Waals surface area contributed by atoms with Gasteiger partial charge in [0.05, 0.1) is 22.5 Å². The molecular weight excluding hydrogens is 614 g/mol. The zero-order valence-corrected chi connectivity index (χ0v) is 25.4. The van der Waals surface area contributed by atoms with Gasteiger partial charge in [0, 0.05) is 24.0 Å². The molecule has 0 bridgehead atoms. The van der Waals surface area contributed by atoms with Crippen molar-refractivity contribution in [2.45, 2.75) is 45.1 Å². The second-order valence-electron chi connectivity index (χ2n) is 9.95. The van der Waals surface area contributed by atoms with Gasteiger partial charge >= 0.3 is 6.18 Å². The molecule has 0 aromatic heterocycles. The molecule has 226 valence electrons. The quantitative estimate of drug-likeness (QED) is 0.280. The summed E-state index contributed by atoms with van der Waals surface area (Å²) in [6, 6.07) is 16.3. The minimum absolute atomic E-state index is 0.0852. The van der Waals surface area contributed by atoms with E-state index in [1.807, 2.05) is 0 Å². The highest BCUT2D eigenvalue weighted by Gasteiger charge is 2.36. The van der Waals surface area contributed by atoms with Gasteiger partial charge in [0.1, 0.15) is 12.6 Å². The molecule has 3 aromatic rings. The Morgan fingerprint density at radius 3 is 2.10 bits per heavy atom. The van der Waals surface area contributed by atoms with E-state index in [4.69, 9.17) is 23.2 Å². The second-order valence-corrected chi connectivity index (χ2v) is 12.7. The first kappa shape index (κ1) is 33.2. The van der Waals surface area contributed by atoms with E-state index in [1.165, 1.54) is 4.90 Å². The minimum atomic E-state index is -4.79. The number of nitrogens with zero attached hydrogens (tertiary/aromatic N) is 2. The number of amides is 2. The van der Waals surface area contributed by atoms with Gasteiger partial charge in [-0.05, 0) is 55.3 Å². The molecule has 0 aliphatic carbocycles. The Hall–Kier alpha value is -3.28. The summed E-state index contributed by atoms with van der Waals surface area (Å²) in [4.78, 5) is 28.7. The fourth-order valence-corrected chi connectivity index (χ4v) is 5.45. The fraction of sp³-hybridized carbons (Fsp3) is 0.310. The minimum Gasteiger partial charge on any atom is -0.352 e. The van der Waals surface area contributed by atoms with Crippen LogP contribution in [0.2, 0.25) is 10.0 Å². The van der Waals surface area contributed by atoms with Gasteiger partial charge < -0.3 is 10.2 Å². The first-order valence-corrected chi connectivity index (χ1v) is 15.4. The van der Waals surface area contributed by atoms with Gasteiger partial charge in [-0.15, -0.1) is 0 Å². The molecule has 0 aliphatic heterocycles. The smallest absolute Gasteiger partial charge is 0.352 e. The van der Waals surface area contributed by atoms with Crippen LogP contribution in [0, 0.1) is 0 Å². The van der Waals surface area contributed by atoms with Crippen molar-refractivity contribution in [3.05, 3.63) is 99.5 Å². The molecule has 0 saturated heterocycles. The molecule has 3 aromatic carbocycles. The topological polar surface area (TPSA) is 86.8 Å². The number of hydrogen-bond acceptors (Lipinski definition) is 4. The Morgan fingerprint density at radius 2 is 1.55 bits per heavy atom. The van der Waals surface area contributed by atoms with Crippen molar-refractivity contribution in [1.29, 1.82) is 0 Å². The number of hydrogen-bond donors (Lipinski definition) is 1. The summed E-state index contributed by atoms with van der Waals surface area (Å²) in [6.07, 6.45) is -3.95. The average molecular weight is 645 g/mol. The average Bonchev–Trinajstić information content (AvgIpc) is 2.89. The van der Waals surface area contributed by atoms with Crippen LogP contribution in [0.3, 0.4) is 0 Å². The van der Waals surface area contributed by atoms with Crippen molar-refractivity contribution < 1.29 is 31.2 Å². The first-order valence-electron chi connectivity index (χ1n) is 12.8. The summed E-state index contributed by atoms with van der Waals surface area (Å²) < 4.78 is 66.7. The molecule has 1 N–H and O–H groups in total. The molecule has 0 aliphatic rings. The van der Waals surface area contributed by atoms with Crippen LogP contribution in [0.4, 0.5) is 18.9 Å². The fourth-order valence-electron chi connectivity index (χ4n) is 4.20. The number of sulfonamides is 1. The molecule has 0 saturated carbocycles. The Morgan fingerprint density at radius 1 is 0.929 bits per heavy atom. The third-order valence-corrected chi connectivity index (χ3v) is 7.89. The number of anilines is 1. The number of benzene rings is 3. The van der Waals surface area contributed by atoms with E-state index in [-0.39, 0.29) is 24.0 Å². The Kier molecular flexibility index (Phi) is 10.9.